The van der Waals surface area contributed by atoms with Gasteiger partial charge in [0.2, 0.25) is 5.91 Å². The fourth-order valence-corrected chi connectivity index (χ4v) is 3.13. The topological polar surface area (TPSA) is 58.6 Å². The predicted molar refractivity (Wildman–Crippen MR) is 103 cm³/mol. The van der Waals surface area contributed by atoms with E-state index in [2.05, 4.69) is 33.4 Å². The number of fused-ring (bicyclic) bond motifs is 1. The molecule has 1 heterocycles. The summed E-state index contributed by atoms with van der Waals surface area (Å²) in [5.41, 5.74) is 2.44. The molecule has 0 aliphatic carbocycles. The van der Waals surface area contributed by atoms with Gasteiger partial charge in [-0.2, -0.15) is 0 Å². The molecule has 1 aliphatic rings. The van der Waals surface area contributed by atoms with Gasteiger partial charge in [0.05, 0.1) is 0 Å². The predicted octanol–water partition coefficient (Wildman–Crippen LogP) is 3.27. The number of hydrogen-bond acceptors (Lipinski definition) is 3. The van der Waals surface area contributed by atoms with E-state index in [1.54, 1.807) is 12.1 Å². The molecule has 0 aromatic heterocycles. The molecule has 2 amide bonds. The summed E-state index contributed by atoms with van der Waals surface area (Å²) in [6, 6.07) is 15.4. The van der Waals surface area contributed by atoms with Gasteiger partial charge in [-0.3, -0.25) is 9.59 Å². The van der Waals surface area contributed by atoms with Crippen LogP contribution in [0.1, 0.15) is 24.0 Å². The first-order valence-corrected chi connectivity index (χ1v) is 9.41. The Labute approximate surface area is 161 Å². The Balaban J connectivity index is 1.31. The van der Waals surface area contributed by atoms with Crippen LogP contribution in [-0.4, -0.2) is 29.9 Å². The molecule has 0 spiro atoms. The van der Waals surface area contributed by atoms with Crippen molar-refractivity contribution in [2.24, 2.45) is 0 Å². The quantitative estimate of drug-likeness (QED) is 0.704. The van der Waals surface area contributed by atoms with Crippen molar-refractivity contribution in [1.29, 1.82) is 0 Å². The van der Waals surface area contributed by atoms with Crippen LogP contribution in [0.3, 0.4) is 0 Å². The van der Waals surface area contributed by atoms with Crippen LogP contribution in [-0.2, 0) is 22.7 Å². The van der Waals surface area contributed by atoms with E-state index in [9.17, 15) is 9.59 Å². The van der Waals surface area contributed by atoms with Gasteiger partial charge in [-0.05, 0) is 41.8 Å². The molecule has 2 aromatic carbocycles. The van der Waals surface area contributed by atoms with Crippen molar-refractivity contribution in [3.63, 3.8) is 0 Å². The fourth-order valence-electron chi connectivity index (χ4n) is 2.87. The SMILES string of the molecule is O=C(COc1ccc(Br)cc1)NCCCC(=O)N1Cc2ccccc2C1. The van der Waals surface area contributed by atoms with E-state index >= 15 is 0 Å². The molecule has 0 bridgehead atoms. The molecule has 0 saturated heterocycles. The van der Waals surface area contributed by atoms with Crippen molar-refractivity contribution < 1.29 is 14.3 Å². The Hall–Kier alpha value is -2.34. The standard InChI is InChI=1S/C20H21BrN2O3/c21-17-7-9-18(10-8-17)26-14-19(24)22-11-3-6-20(25)23-12-15-4-1-2-5-16(15)13-23/h1-2,4-5,7-10H,3,6,11-14H2,(H,22,24). The number of carbonyl (C=O) groups excluding carboxylic acids is 2. The minimum atomic E-state index is -0.186. The van der Waals surface area contributed by atoms with E-state index in [4.69, 9.17) is 4.74 Å². The number of ether oxygens (including phenoxy) is 1. The van der Waals surface area contributed by atoms with Crippen LogP contribution in [0.4, 0.5) is 0 Å². The van der Waals surface area contributed by atoms with Gasteiger partial charge in [0, 0.05) is 30.5 Å². The number of amides is 2. The number of hydrogen-bond donors (Lipinski definition) is 1. The van der Waals surface area contributed by atoms with Gasteiger partial charge in [0.15, 0.2) is 6.61 Å². The maximum atomic E-state index is 12.3. The third kappa shape index (κ3) is 5.08. The lowest BCUT2D eigenvalue weighted by Crippen LogP contribution is -2.31. The maximum Gasteiger partial charge on any atom is 0.257 e. The first-order chi connectivity index (χ1) is 12.6. The third-order valence-corrected chi connectivity index (χ3v) is 4.80. The molecule has 2 aromatic rings. The number of nitrogens with zero attached hydrogens (tertiary/aromatic N) is 1. The fraction of sp³-hybridized carbons (Fsp3) is 0.300. The number of benzene rings is 2. The molecule has 5 nitrogen and oxygen atoms in total. The molecule has 3 rings (SSSR count). The van der Waals surface area contributed by atoms with E-state index in [0.29, 0.717) is 38.2 Å². The van der Waals surface area contributed by atoms with Crippen molar-refractivity contribution in [2.45, 2.75) is 25.9 Å². The summed E-state index contributed by atoms with van der Waals surface area (Å²) in [4.78, 5) is 25.9. The van der Waals surface area contributed by atoms with Gasteiger partial charge >= 0.3 is 0 Å². The second kappa shape index (κ2) is 8.85. The van der Waals surface area contributed by atoms with Crippen molar-refractivity contribution in [1.82, 2.24) is 10.2 Å². The molecule has 1 aliphatic heterocycles. The zero-order valence-corrected chi connectivity index (χ0v) is 16.0. The number of halogens is 1. The Morgan fingerprint density at radius 3 is 2.35 bits per heavy atom. The molecular weight excluding hydrogens is 396 g/mol. The van der Waals surface area contributed by atoms with Gasteiger partial charge < -0.3 is 15.0 Å². The summed E-state index contributed by atoms with van der Waals surface area (Å²) < 4.78 is 6.37. The Morgan fingerprint density at radius 1 is 1.04 bits per heavy atom. The van der Waals surface area contributed by atoms with Gasteiger partial charge in [0.25, 0.3) is 5.91 Å². The Bertz CT molecular complexity index is 752. The molecule has 0 fully saturated rings. The zero-order valence-electron chi connectivity index (χ0n) is 14.4. The summed E-state index contributed by atoms with van der Waals surface area (Å²) >= 11 is 3.35. The number of nitrogens with one attached hydrogen (secondary N) is 1. The first-order valence-electron chi connectivity index (χ1n) is 8.61. The highest BCUT2D eigenvalue weighted by Crippen LogP contribution is 2.22. The minimum Gasteiger partial charge on any atom is -0.484 e. The molecule has 26 heavy (non-hydrogen) atoms. The van der Waals surface area contributed by atoms with Crippen LogP contribution in [0.5, 0.6) is 5.75 Å². The molecule has 0 atom stereocenters. The van der Waals surface area contributed by atoms with Gasteiger partial charge in [-0.15, -0.1) is 0 Å². The number of rotatable bonds is 7. The van der Waals surface area contributed by atoms with Crippen molar-refractivity contribution in [3.05, 3.63) is 64.1 Å². The van der Waals surface area contributed by atoms with Gasteiger partial charge in [-0.1, -0.05) is 40.2 Å². The molecule has 6 heteroatoms. The third-order valence-electron chi connectivity index (χ3n) is 4.27. The highest BCUT2D eigenvalue weighted by Gasteiger charge is 2.22. The van der Waals surface area contributed by atoms with Crippen LogP contribution >= 0.6 is 15.9 Å². The lowest BCUT2D eigenvalue weighted by Gasteiger charge is -2.15. The van der Waals surface area contributed by atoms with Crippen LogP contribution in [0.25, 0.3) is 0 Å². The lowest BCUT2D eigenvalue weighted by atomic mass is 10.1. The second-order valence-electron chi connectivity index (χ2n) is 6.21. The first kappa shape index (κ1) is 18.5. The largest absolute Gasteiger partial charge is 0.484 e. The second-order valence-corrected chi connectivity index (χ2v) is 7.13. The summed E-state index contributed by atoms with van der Waals surface area (Å²) in [7, 11) is 0. The van der Waals surface area contributed by atoms with Crippen molar-refractivity contribution in [2.75, 3.05) is 13.2 Å². The van der Waals surface area contributed by atoms with Crippen molar-refractivity contribution in [3.8, 4) is 5.75 Å². The summed E-state index contributed by atoms with van der Waals surface area (Å²) in [5.74, 6) is 0.586. The summed E-state index contributed by atoms with van der Waals surface area (Å²) in [5, 5.41) is 2.78. The van der Waals surface area contributed by atoms with E-state index in [1.165, 1.54) is 11.1 Å². The molecule has 136 valence electrons. The Morgan fingerprint density at radius 2 is 1.69 bits per heavy atom. The normalized spacial score (nSPS) is 12.6. The van der Waals surface area contributed by atoms with Crippen LogP contribution < -0.4 is 10.1 Å². The maximum absolute atomic E-state index is 12.3. The molecular formula is C20H21BrN2O3. The summed E-state index contributed by atoms with van der Waals surface area (Å²) in [6.07, 6.45) is 1.05. The van der Waals surface area contributed by atoms with Gasteiger partial charge in [0.1, 0.15) is 5.75 Å². The van der Waals surface area contributed by atoms with Gasteiger partial charge in [-0.25, -0.2) is 0 Å². The van der Waals surface area contributed by atoms with Crippen LogP contribution in [0, 0.1) is 0 Å². The summed E-state index contributed by atoms with van der Waals surface area (Å²) in [6.45, 7) is 1.80. The lowest BCUT2D eigenvalue weighted by molar-refractivity contribution is -0.132. The monoisotopic (exact) mass is 416 g/mol. The van der Waals surface area contributed by atoms with E-state index in [-0.39, 0.29) is 18.4 Å². The van der Waals surface area contributed by atoms with E-state index in [1.807, 2.05) is 29.2 Å². The average molecular weight is 417 g/mol. The molecule has 1 N–H and O–H groups in total. The number of carbonyl (C=O) groups is 2. The van der Waals surface area contributed by atoms with E-state index < -0.39 is 0 Å². The highest BCUT2D eigenvalue weighted by atomic mass is 79.9. The highest BCUT2D eigenvalue weighted by molar-refractivity contribution is 9.10. The zero-order chi connectivity index (χ0) is 18.4. The molecule has 0 saturated carbocycles. The average Bonchev–Trinajstić information content (AvgIpc) is 3.09. The molecule has 0 radical (unpaired) electrons. The van der Waals surface area contributed by atoms with E-state index in [0.717, 1.165) is 4.47 Å². The minimum absolute atomic E-state index is 0.0307. The Kier molecular flexibility index (Phi) is 6.28. The van der Waals surface area contributed by atoms with Crippen LogP contribution in [0.2, 0.25) is 0 Å². The van der Waals surface area contributed by atoms with Crippen molar-refractivity contribution >= 4 is 27.7 Å². The smallest absolute Gasteiger partial charge is 0.257 e. The molecule has 0 unspecified atom stereocenters. The van der Waals surface area contributed by atoms with Crippen LogP contribution in [0.15, 0.2) is 53.0 Å².